The smallest absolute Gasteiger partial charge is 0.224 e. The predicted octanol–water partition coefficient (Wildman–Crippen LogP) is 1.94. The topological polar surface area (TPSA) is 41.6 Å². The number of nitrogens with one attached hydrogen (secondary N) is 1. The Hall–Kier alpha value is -1.39. The number of hydrogen-bond acceptors (Lipinski definition) is 3. The molecule has 1 aliphatic carbocycles. The van der Waals surface area contributed by atoms with Crippen LogP contribution in [0.1, 0.15) is 29.9 Å². The van der Waals surface area contributed by atoms with Gasteiger partial charge in [0.15, 0.2) is 0 Å². The molecule has 1 aromatic rings. The van der Waals surface area contributed by atoms with Gasteiger partial charge in [-0.1, -0.05) is 24.3 Å². The number of methoxy groups -OCH3 is 1. The lowest BCUT2D eigenvalue weighted by Crippen LogP contribution is -2.38. The summed E-state index contributed by atoms with van der Waals surface area (Å²) in [4.78, 5) is 14.8. The van der Waals surface area contributed by atoms with E-state index in [0.717, 1.165) is 39.1 Å². The third-order valence-electron chi connectivity index (χ3n) is 4.95. The molecule has 2 aliphatic rings. The number of nitrogens with zero attached hydrogens (tertiary/aromatic N) is 1. The Morgan fingerprint density at radius 1 is 1.41 bits per heavy atom. The first-order chi connectivity index (χ1) is 10.7. The molecule has 0 unspecified atom stereocenters. The highest BCUT2D eigenvalue weighted by Crippen LogP contribution is 2.48. The highest BCUT2D eigenvalue weighted by atomic mass is 16.5. The van der Waals surface area contributed by atoms with Crippen LogP contribution in [0.5, 0.6) is 0 Å². The molecule has 1 N–H and O–H groups in total. The first-order valence-electron chi connectivity index (χ1n) is 8.26. The Kier molecular flexibility index (Phi) is 4.79. The molecule has 1 heterocycles. The molecule has 2 fully saturated rings. The van der Waals surface area contributed by atoms with E-state index in [0.29, 0.717) is 12.0 Å². The molecule has 4 nitrogen and oxygen atoms in total. The number of ether oxygens (including phenoxy) is 1. The van der Waals surface area contributed by atoms with Gasteiger partial charge >= 0.3 is 0 Å². The second kappa shape index (κ2) is 6.80. The number of benzene rings is 1. The maximum Gasteiger partial charge on any atom is 0.224 e. The van der Waals surface area contributed by atoms with Crippen LogP contribution in [0.3, 0.4) is 0 Å². The third-order valence-corrected chi connectivity index (χ3v) is 4.95. The summed E-state index contributed by atoms with van der Waals surface area (Å²) in [7, 11) is 1.73. The van der Waals surface area contributed by atoms with Gasteiger partial charge in [0, 0.05) is 38.7 Å². The van der Waals surface area contributed by atoms with Crippen molar-refractivity contribution in [1.29, 1.82) is 0 Å². The maximum absolute atomic E-state index is 12.4. The maximum atomic E-state index is 12.4. The van der Waals surface area contributed by atoms with Gasteiger partial charge in [0.1, 0.15) is 0 Å². The molecule has 3 rings (SSSR count). The number of carbonyl (C=O) groups excluding carboxylic acids is 1. The highest BCUT2D eigenvalue weighted by Gasteiger charge is 2.45. The van der Waals surface area contributed by atoms with Gasteiger partial charge in [0.05, 0.1) is 6.61 Å². The Labute approximate surface area is 132 Å². The fourth-order valence-corrected chi connectivity index (χ4v) is 3.51. The van der Waals surface area contributed by atoms with E-state index in [1.54, 1.807) is 7.11 Å². The number of aryl methyl sites for hydroxylation is 1. The number of carbonyl (C=O) groups is 1. The molecule has 1 aliphatic heterocycles. The normalized spacial score (nSPS) is 27.8. The lowest BCUT2D eigenvalue weighted by atomic mass is 10.0. The minimum absolute atomic E-state index is 0.175. The number of likely N-dealkylation sites (tertiary alicyclic amines) is 1. The molecule has 1 amide bonds. The van der Waals surface area contributed by atoms with Crippen molar-refractivity contribution in [3.8, 4) is 0 Å². The van der Waals surface area contributed by atoms with Crippen molar-refractivity contribution in [3.05, 3.63) is 35.4 Å². The summed E-state index contributed by atoms with van der Waals surface area (Å²) in [5, 5.41) is 3.24. The molecule has 1 saturated carbocycles. The van der Waals surface area contributed by atoms with Crippen LogP contribution in [0.15, 0.2) is 24.3 Å². The molecule has 120 valence electrons. The lowest BCUT2D eigenvalue weighted by Gasteiger charge is -2.16. The molecule has 0 spiro atoms. The Morgan fingerprint density at radius 3 is 3.00 bits per heavy atom. The summed E-state index contributed by atoms with van der Waals surface area (Å²) in [6.07, 6.45) is 2.05. The second-order valence-electron chi connectivity index (χ2n) is 6.59. The largest absolute Gasteiger partial charge is 0.383 e. The Balaban J connectivity index is 1.47. The number of amides is 1. The molecule has 1 aromatic carbocycles. The molecule has 3 atom stereocenters. The van der Waals surface area contributed by atoms with E-state index in [9.17, 15) is 4.79 Å². The zero-order chi connectivity index (χ0) is 15.5. The predicted molar refractivity (Wildman–Crippen MR) is 86.9 cm³/mol. The van der Waals surface area contributed by atoms with Gasteiger partial charge in [-0.25, -0.2) is 0 Å². The van der Waals surface area contributed by atoms with Crippen LogP contribution < -0.4 is 5.32 Å². The van der Waals surface area contributed by atoms with Crippen molar-refractivity contribution in [3.63, 3.8) is 0 Å². The van der Waals surface area contributed by atoms with Crippen LogP contribution in [-0.4, -0.2) is 50.2 Å². The van der Waals surface area contributed by atoms with Crippen LogP contribution >= 0.6 is 0 Å². The van der Waals surface area contributed by atoms with E-state index in [2.05, 4.69) is 41.4 Å². The van der Waals surface area contributed by atoms with Crippen LogP contribution in [0.2, 0.25) is 0 Å². The van der Waals surface area contributed by atoms with E-state index >= 15 is 0 Å². The molecule has 4 heteroatoms. The van der Waals surface area contributed by atoms with Crippen molar-refractivity contribution in [1.82, 2.24) is 10.2 Å². The van der Waals surface area contributed by atoms with Crippen molar-refractivity contribution in [2.75, 3.05) is 33.4 Å². The van der Waals surface area contributed by atoms with Gasteiger partial charge in [-0.15, -0.1) is 0 Å². The monoisotopic (exact) mass is 302 g/mol. The number of rotatable bonds is 6. The summed E-state index contributed by atoms with van der Waals surface area (Å²) in [5.74, 6) is 0.841. The fraction of sp³-hybridized carbons (Fsp3) is 0.611. The molecule has 0 radical (unpaired) electrons. The average molecular weight is 302 g/mol. The first-order valence-corrected chi connectivity index (χ1v) is 8.26. The van der Waals surface area contributed by atoms with E-state index in [1.807, 2.05) is 0 Å². The van der Waals surface area contributed by atoms with Crippen LogP contribution in [-0.2, 0) is 9.53 Å². The van der Waals surface area contributed by atoms with Gasteiger partial charge in [0.2, 0.25) is 5.91 Å². The quantitative estimate of drug-likeness (QED) is 0.873. The fourth-order valence-electron chi connectivity index (χ4n) is 3.51. The van der Waals surface area contributed by atoms with E-state index in [4.69, 9.17) is 4.74 Å². The summed E-state index contributed by atoms with van der Waals surface area (Å²) >= 11 is 0. The summed E-state index contributed by atoms with van der Waals surface area (Å²) in [6.45, 7) is 5.86. The van der Waals surface area contributed by atoms with Gasteiger partial charge < -0.3 is 10.1 Å². The Morgan fingerprint density at radius 2 is 2.23 bits per heavy atom. The van der Waals surface area contributed by atoms with Crippen molar-refractivity contribution >= 4 is 5.91 Å². The SMILES string of the molecule is COCCN1CC[C@H](NC(=O)[C@@H]2C[C@@H]2c2ccccc2C)C1. The van der Waals surface area contributed by atoms with Gasteiger partial charge in [0.25, 0.3) is 0 Å². The van der Waals surface area contributed by atoms with Crippen molar-refractivity contribution < 1.29 is 9.53 Å². The Bertz CT molecular complexity index is 532. The minimum atomic E-state index is 0.175. The second-order valence-corrected chi connectivity index (χ2v) is 6.59. The van der Waals surface area contributed by atoms with Crippen LogP contribution in [0, 0.1) is 12.8 Å². The summed E-state index contributed by atoms with van der Waals surface area (Å²) in [5.41, 5.74) is 2.64. The average Bonchev–Trinajstić information content (AvgIpc) is 3.19. The molecule has 0 bridgehead atoms. The van der Waals surface area contributed by atoms with Crippen LogP contribution in [0.25, 0.3) is 0 Å². The standard InChI is InChI=1S/C18H26N2O2/c1-13-5-3-4-6-15(13)16-11-17(16)18(21)19-14-7-8-20(12-14)9-10-22-2/h3-6,14,16-17H,7-12H2,1-2H3,(H,19,21)/t14-,16+,17+/m0/s1. The van der Waals surface area contributed by atoms with Crippen LogP contribution in [0.4, 0.5) is 0 Å². The number of hydrogen-bond donors (Lipinski definition) is 1. The van der Waals surface area contributed by atoms with E-state index < -0.39 is 0 Å². The molecule has 22 heavy (non-hydrogen) atoms. The van der Waals surface area contributed by atoms with Crippen molar-refractivity contribution in [2.45, 2.75) is 31.7 Å². The zero-order valence-corrected chi connectivity index (χ0v) is 13.5. The third kappa shape index (κ3) is 3.50. The minimum Gasteiger partial charge on any atom is -0.383 e. The summed E-state index contributed by atoms with van der Waals surface area (Å²) < 4.78 is 5.11. The van der Waals surface area contributed by atoms with Gasteiger partial charge in [-0.2, -0.15) is 0 Å². The summed E-state index contributed by atoms with van der Waals surface area (Å²) in [6, 6.07) is 8.73. The van der Waals surface area contributed by atoms with Gasteiger partial charge in [-0.3, -0.25) is 9.69 Å². The molecular formula is C18H26N2O2. The molecule has 0 aromatic heterocycles. The van der Waals surface area contributed by atoms with Crippen molar-refractivity contribution in [2.24, 2.45) is 5.92 Å². The highest BCUT2D eigenvalue weighted by molar-refractivity contribution is 5.83. The molecule has 1 saturated heterocycles. The van der Waals surface area contributed by atoms with E-state index in [-0.39, 0.29) is 11.8 Å². The molecular weight excluding hydrogens is 276 g/mol. The van der Waals surface area contributed by atoms with Gasteiger partial charge in [-0.05, 0) is 36.8 Å². The first kappa shape index (κ1) is 15.5. The zero-order valence-electron chi connectivity index (χ0n) is 13.5. The lowest BCUT2D eigenvalue weighted by molar-refractivity contribution is -0.123. The van der Waals surface area contributed by atoms with E-state index in [1.165, 1.54) is 11.1 Å².